The van der Waals surface area contributed by atoms with Crippen LogP contribution in [0.1, 0.15) is 25.2 Å². The van der Waals surface area contributed by atoms with Crippen molar-refractivity contribution in [2.45, 2.75) is 39.1 Å². The number of morpholine rings is 1. The van der Waals surface area contributed by atoms with Crippen LogP contribution in [0.3, 0.4) is 0 Å². The number of aromatic nitrogens is 4. The lowest BCUT2D eigenvalue weighted by Crippen LogP contribution is -2.44. The number of fused-ring (bicyclic) bond motifs is 1. The van der Waals surface area contributed by atoms with Gasteiger partial charge in [0.05, 0.1) is 43.8 Å². The standard InChI is InChI=1S/C24H28N6O5S/c1-14-11-30(12-15(2)34-14)13-19-9-26-24(35-19)20-5-16(6-22-21(20)10-27-29-22)17-4-18(8-28-36(31)32)23(33-3)25-7-17/h4-7,9-10,14-15,28H,8,11-13H2,1-3H3,(H,27,29)(H,31,32)/t14-,15-/m1/s1. The Bertz CT molecular complexity index is 1380. The van der Waals surface area contributed by atoms with Gasteiger partial charge >= 0.3 is 0 Å². The molecule has 0 spiro atoms. The lowest BCUT2D eigenvalue weighted by molar-refractivity contribution is -0.0718. The topological polar surface area (TPSA) is 139 Å². The third kappa shape index (κ3) is 5.32. The van der Waals surface area contributed by atoms with Crippen LogP contribution in [0.15, 0.2) is 41.2 Å². The van der Waals surface area contributed by atoms with Crippen LogP contribution in [0, 0.1) is 0 Å². The molecule has 3 atom stereocenters. The SMILES string of the molecule is COc1ncc(-c2cc(-c3ncc(CN4C[C@@H](C)O[C@H](C)C4)o3)c3cn[nH]c3c2)cc1CNS(=O)O. The molecule has 1 aromatic carbocycles. The molecule has 1 fully saturated rings. The maximum absolute atomic E-state index is 11.1. The van der Waals surface area contributed by atoms with Gasteiger partial charge in [0.2, 0.25) is 23.0 Å². The quantitative estimate of drug-likeness (QED) is 0.304. The Labute approximate surface area is 210 Å². The number of nitrogens with one attached hydrogen (secondary N) is 2. The molecule has 4 heterocycles. The summed E-state index contributed by atoms with van der Waals surface area (Å²) in [7, 11) is 1.51. The van der Waals surface area contributed by atoms with Crippen LogP contribution >= 0.6 is 0 Å². The first-order chi connectivity index (χ1) is 17.4. The summed E-state index contributed by atoms with van der Waals surface area (Å²) < 4.78 is 40.0. The Kier molecular flexibility index (Phi) is 7.12. The lowest BCUT2D eigenvalue weighted by Gasteiger charge is -2.34. The first-order valence-corrected chi connectivity index (χ1v) is 12.7. The van der Waals surface area contributed by atoms with E-state index >= 15 is 0 Å². The molecule has 1 saturated heterocycles. The van der Waals surface area contributed by atoms with E-state index in [1.54, 1.807) is 18.6 Å². The minimum absolute atomic E-state index is 0.119. The van der Waals surface area contributed by atoms with Gasteiger partial charge in [0.25, 0.3) is 0 Å². The predicted molar refractivity (Wildman–Crippen MR) is 134 cm³/mol. The summed E-state index contributed by atoms with van der Waals surface area (Å²) in [5.41, 5.74) is 3.94. The summed E-state index contributed by atoms with van der Waals surface area (Å²) in [6.45, 7) is 6.61. The minimum Gasteiger partial charge on any atom is -0.481 e. The van der Waals surface area contributed by atoms with Gasteiger partial charge in [0, 0.05) is 47.9 Å². The molecule has 0 saturated carbocycles. The highest BCUT2D eigenvalue weighted by molar-refractivity contribution is 7.77. The largest absolute Gasteiger partial charge is 0.481 e. The number of ether oxygens (including phenoxy) is 2. The number of H-pyrrole nitrogens is 1. The molecule has 0 amide bonds. The number of methoxy groups -OCH3 is 1. The van der Waals surface area contributed by atoms with Crippen LogP contribution in [-0.4, -0.2) is 66.2 Å². The van der Waals surface area contributed by atoms with Gasteiger partial charge in [0.15, 0.2) is 0 Å². The molecule has 1 aliphatic rings. The maximum atomic E-state index is 11.1. The van der Waals surface area contributed by atoms with Gasteiger partial charge in [-0.1, -0.05) is 0 Å². The molecular formula is C24H28N6O5S. The molecule has 12 heteroatoms. The fourth-order valence-electron chi connectivity index (χ4n) is 4.64. The maximum Gasteiger partial charge on any atom is 0.232 e. The first-order valence-electron chi connectivity index (χ1n) is 11.6. The lowest BCUT2D eigenvalue weighted by atomic mass is 10.0. The van der Waals surface area contributed by atoms with E-state index in [9.17, 15) is 4.21 Å². The number of benzene rings is 1. The number of pyridine rings is 1. The smallest absolute Gasteiger partial charge is 0.232 e. The van der Waals surface area contributed by atoms with Crippen molar-refractivity contribution in [2.24, 2.45) is 0 Å². The molecule has 5 rings (SSSR count). The zero-order chi connectivity index (χ0) is 25.2. The van der Waals surface area contributed by atoms with Crippen molar-refractivity contribution in [2.75, 3.05) is 20.2 Å². The van der Waals surface area contributed by atoms with Crippen molar-refractivity contribution in [1.82, 2.24) is 29.8 Å². The van der Waals surface area contributed by atoms with E-state index in [4.69, 9.17) is 18.4 Å². The van der Waals surface area contributed by atoms with E-state index in [0.29, 0.717) is 23.9 Å². The molecule has 11 nitrogen and oxygen atoms in total. The predicted octanol–water partition coefficient (Wildman–Crippen LogP) is 3.12. The third-order valence-electron chi connectivity index (χ3n) is 6.06. The molecule has 0 bridgehead atoms. The Morgan fingerprint density at radius 2 is 1.97 bits per heavy atom. The number of rotatable bonds is 8. The summed E-state index contributed by atoms with van der Waals surface area (Å²) in [4.78, 5) is 11.3. The summed E-state index contributed by atoms with van der Waals surface area (Å²) in [5, 5.41) is 8.13. The summed E-state index contributed by atoms with van der Waals surface area (Å²) >= 11 is -2.15. The summed E-state index contributed by atoms with van der Waals surface area (Å²) in [5.74, 6) is 1.67. The average molecular weight is 513 g/mol. The second-order valence-electron chi connectivity index (χ2n) is 8.90. The van der Waals surface area contributed by atoms with Crippen LogP contribution < -0.4 is 9.46 Å². The monoisotopic (exact) mass is 512 g/mol. The molecule has 4 aromatic rings. The van der Waals surface area contributed by atoms with Crippen LogP contribution in [0.25, 0.3) is 33.5 Å². The van der Waals surface area contributed by atoms with E-state index in [1.807, 2.05) is 18.2 Å². The van der Waals surface area contributed by atoms with E-state index in [2.05, 4.69) is 43.6 Å². The number of aromatic amines is 1. The Morgan fingerprint density at radius 1 is 1.17 bits per heavy atom. The van der Waals surface area contributed by atoms with Gasteiger partial charge in [-0.15, -0.1) is 0 Å². The van der Waals surface area contributed by atoms with Gasteiger partial charge in [-0.25, -0.2) is 18.9 Å². The summed E-state index contributed by atoms with van der Waals surface area (Å²) in [6.07, 6.45) is 5.57. The Balaban J connectivity index is 1.47. The molecule has 1 unspecified atom stereocenters. The normalized spacial score (nSPS) is 19.6. The molecule has 3 N–H and O–H groups in total. The van der Waals surface area contributed by atoms with E-state index in [-0.39, 0.29) is 18.8 Å². The highest BCUT2D eigenvalue weighted by Crippen LogP contribution is 2.34. The van der Waals surface area contributed by atoms with Crippen LogP contribution in [0.5, 0.6) is 5.88 Å². The van der Waals surface area contributed by atoms with Crippen molar-refractivity contribution >= 4 is 22.2 Å². The zero-order valence-electron chi connectivity index (χ0n) is 20.2. The van der Waals surface area contributed by atoms with Crippen molar-refractivity contribution in [3.05, 3.63) is 48.1 Å². The number of hydrogen-bond acceptors (Lipinski definition) is 8. The first kappa shape index (κ1) is 24.5. The Hall–Kier alpha value is -3.16. The fourth-order valence-corrected chi connectivity index (χ4v) is 4.92. The summed E-state index contributed by atoms with van der Waals surface area (Å²) in [6, 6.07) is 5.82. The van der Waals surface area contributed by atoms with Crippen LogP contribution in [-0.2, 0) is 29.1 Å². The van der Waals surface area contributed by atoms with Crippen molar-refractivity contribution < 1.29 is 22.7 Å². The van der Waals surface area contributed by atoms with Gasteiger partial charge in [0.1, 0.15) is 5.76 Å². The fraction of sp³-hybridized carbons (Fsp3) is 0.375. The number of oxazole rings is 1. The second kappa shape index (κ2) is 10.4. The number of nitrogens with zero attached hydrogens (tertiary/aromatic N) is 4. The van der Waals surface area contributed by atoms with Gasteiger partial charge in [-0.2, -0.15) is 5.10 Å². The molecule has 36 heavy (non-hydrogen) atoms. The number of hydrogen-bond donors (Lipinski definition) is 3. The minimum atomic E-state index is -2.15. The highest BCUT2D eigenvalue weighted by Gasteiger charge is 2.23. The van der Waals surface area contributed by atoms with Gasteiger partial charge in [-0.3, -0.25) is 14.6 Å². The van der Waals surface area contributed by atoms with E-state index < -0.39 is 11.3 Å². The molecule has 3 aromatic heterocycles. The third-order valence-corrected chi connectivity index (χ3v) is 6.45. The zero-order valence-corrected chi connectivity index (χ0v) is 21.0. The Morgan fingerprint density at radius 3 is 2.72 bits per heavy atom. The molecule has 0 radical (unpaired) electrons. The van der Waals surface area contributed by atoms with E-state index in [0.717, 1.165) is 46.4 Å². The van der Waals surface area contributed by atoms with Crippen molar-refractivity contribution in [3.63, 3.8) is 0 Å². The second-order valence-corrected chi connectivity index (χ2v) is 9.69. The molecule has 190 valence electrons. The van der Waals surface area contributed by atoms with Crippen LogP contribution in [0.2, 0.25) is 0 Å². The average Bonchev–Trinajstić information content (AvgIpc) is 3.51. The van der Waals surface area contributed by atoms with E-state index in [1.165, 1.54) is 7.11 Å². The van der Waals surface area contributed by atoms with Crippen molar-refractivity contribution in [3.8, 4) is 28.5 Å². The van der Waals surface area contributed by atoms with Crippen LogP contribution in [0.4, 0.5) is 0 Å². The van der Waals surface area contributed by atoms with Gasteiger partial charge in [-0.05, 0) is 37.6 Å². The van der Waals surface area contributed by atoms with Crippen molar-refractivity contribution in [1.29, 1.82) is 0 Å². The molecule has 0 aliphatic carbocycles. The molecule has 1 aliphatic heterocycles. The van der Waals surface area contributed by atoms with Gasteiger partial charge < -0.3 is 13.9 Å². The molecular weight excluding hydrogens is 484 g/mol. The highest BCUT2D eigenvalue weighted by atomic mass is 32.2.